The Balaban J connectivity index is 1.42. The average Bonchev–Trinajstić information content (AvgIpc) is 2.80. The van der Waals surface area contributed by atoms with Crippen molar-refractivity contribution in [1.82, 2.24) is 10.3 Å². The average molecular weight is 436 g/mol. The number of nitrogens with one attached hydrogen (secondary N) is 1. The van der Waals surface area contributed by atoms with E-state index >= 15 is 0 Å². The van der Waals surface area contributed by atoms with Gasteiger partial charge in [0.05, 0.1) is 0 Å². The van der Waals surface area contributed by atoms with Crippen LogP contribution in [0.2, 0.25) is 0 Å². The molecule has 1 aliphatic heterocycles. The molecule has 32 heavy (non-hydrogen) atoms. The van der Waals surface area contributed by atoms with Gasteiger partial charge in [-0.2, -0.15) is 0 Å². The van der Waals surface area contributed by atoms with Crippen LogP contribution in [0.5, 0.6) is 0 Å². The molecule has 0 amide bonds. The fourth-order valence-electron chi connectivity index (χ4n) is 5.37. The summed E-state index contributed by atoms with van der Waals surface area (Å²) >= 11 is 0. The Morgan fingerprint density at radius 2 is 1.62 bits per heavy atom. The van der Waals surface area contributed by atoms with Crippen LogP contribution in [-0.2, 0) is 10.8 Å². The van der Waals surface area contributed by atoms with Crippen molar-refractivity contribution in [2.24, 2.45) is 0 Å². The van der Waals surface area contributed by atoms with E-state index in [9.17, 15) is 0 Å². The monoisotopic (exact) mass is 435 g/mol. The SMILES string of the molecule is CC1(C)CCC(C)(C)c2cc(-c3ccc(N4CCC(NCCCCO)CC4)nc3)ccc21. The Labute approximate surface area is 194 Å². The van der Waals surface area contributed by atoms with Crippen LogP contribution < -0.4 is 10.2 Å². The first-order chi connectivity index (χ1) is 15.3. The molecule has 1 aliphatic carbocycles. The van der Waals surface area contributed by atoms with Crippen LogP contribution in [-0.4, -0.2) is 42.4 Å². The summed E-state index contributed by atoms with van der Waals surface area (Å²) in [6.45, 7) is 12.9. The number of aliphatic hydroxyl groups is 1. The quantitative estimate of drug-likeness (QED) is 0.570. The van der Waals surface area contributed by atoms with Crippen molar-refractivity contribution in [1.29, 1.82) is 0 Å². The molecule has 0 unspecified atom stereocenters. The fourth-order valence-corrected chi connectivity index (χ4v) is 5.37. The predicted molar refractivity (Wildman–Crippen MR) is 135 cm³/mol. The van der Waals surface area contributed by atoms with E-state index in [4.69, 9.17) is 10.1 Å². The first kappa shape index (κ1) is 23.3. The number of hydrogen-bond acceptors (Lipinski definition) is 4. The Hall–Kier alpha value is -1.91. The van der Waals surface area contributed by atoms with E-state index < -0.39 is 0 Å². The molecule has 2 heterocycles. The highest BCUT2D eigenvalue weighted by Gasteiger charge is 2.37. The minimum atomic E-state index is 0.227. The molecule has 0 saturated carbocycles. The molecule has 1 aromatic heterocycles. The lowest BCUT2D eigenvalue weighted by atomic mass is 9.63. The zero-order valence-corrected chi connectivity index (χ0v) is 20.5. The normalized spacial score (nSPS) is 20.2. The van der Waals surface area contributed by atoms with Crippen molar-refractivity contribution < 1.29 is 5.11 Å². The number of aromatic nitrogens is 1. The maximum absolute atomic E-state index is 8.91. The summed E-state index contributed by atoms with van der Waals surface area (Å²) in [4.78, 5) is 7.26. The summed E-state index contributed by atoms with van der Waals surface area (Å²) in [5.74, 6) is 1.09. The van der Waals surface area contributed by atoms with Gasteiger partial charge in [-0.3, -0.25) is 0 Å². The summed E-state index contributed by atoms with van der Waals surface area (Å²) < 4.78 is 0. The number of aliphatic hydroxyl groups excluding tert-OH is 1. The van der Waals surface area contributed by atoms with Crippen LogP contribution in [0.4, 0.5) is 5.82 Å². The number of unbranched alkanes of at least 4 members (excludes halogenated alkanes) is 1. The van der Waals surface area contributed by atoms with E-state index in [0.717, 1.165) is 51.1 Å². The Kier molecular flexibility index (Phi) is 6.92. The third-order valence-corrected chi connectivity index (χ3v) is 7.77. The Morgan fingerprint density at radius 3 is 2.28 bits per heavy atom. The van der Waals surface area contributed by atoms with E-state index in [1.54, 1.807) is 0 Å². The number of fused-ring (bicyclic) bond motifs is 1. The van der Waals surface area contributed by atoms with Crippen LogP contribution >= 0.6 is 0 Å². The van der Waals surface area contributed by atoms with Crippen molar-refractivity contribution in [3.63, 3.8) is 0 Å². The molecule has 1 aromatic carbocycles. The largest absolute Gasteiger partial charge is 0.396 e. The van der Waals surface area contributed by atoms with Gasteiger partial charge in [0.1, 0.15) is 5.82 Å². The molecule has 1 saturated heterocycles. The third kappa shape index (κ3) is 5.02. The van der Waals surface area contributed by atoms with E-state index in [1.165, 1.54) is 35.1 Å². The van der Waals surface area contributed by atoms with Crippen molar-refractivity contribution in [2.45, 2.75) is 83.1 Å². The highest BCUT2D eigenvalue weighted by molar-refractivity contribution is 5.66. The highest BCUT2D eigenvalue weighted by Crippen LogP contribution is 2.46. The summed E-state index contributed by atoms with van der Waals surface area (Å²) in [7, 11) is 0. The van der Waals surface area contributed by atoms with Crippen LogP contribution in [0.1, 0.15) is 77.3 Å². The topological polar surface area (TPSA) is 48.4 Å². The van der Waals surface area contributed by atoms with Crippen LogP contribution in [0, 0.1) is 0 Å². The molecule has 0 spiro atoms. The number of pyridine rings is 1. The van der Waals surface area contributed by atoms with Gasteiger partial charge in [0.15, 0.2) is 0 Å². The van der Waals surface area contributed by atoms with Gasteiger partial charge in [0.25, 0.3) is 0 Å². The maximum Gasteiger partial charge on any atom is 0.128 e. The third-order valence-electron chi connectivity index (χ3n) is 7.77. The van der Waals surface area contributed by atoms with Crippen LogP contribution in [0.15, 0.2) is 36.5 Å². The number of rotatable bonds is 7. The lowest BCUT2D eigenvalue weighted by Crippen LogP contribution is -2.43. The van der Waals surface area contributed by atoms with Gasteiger partial charge in [0, 0.05) is 37.5 Å². The lowest BCUT2D eigenvalue weighted by molar-refractivity contribution is 0.281. The Morgan fingerprint density at radius 1 is 0.938 bits per heavy atom. The van der Waals surface area contributed by atoms with Gasteiger partial charge in [-0.1, -0.05) is 45.9 Å². The molecule has 2 aliphatic rings. The zero-order chi connectivity index (χ0) is 22.8. The van der Waals surface area contributed by atoms with E-state index in [1.807, 2.05) is 0 Å². The van der Waals surface area contributed by atoms with Gasteiger partial charge in [-0.05, 0) is 84.7 Å². The van der Waals surface area contributed by atoms with Gasteiger partial charge < -0.3 is 15.3 Å². The molecular formula is C28H41N3O. The lowest BCUT2D eigenvalue weighted by Gasteiger charge is -2.42. The maximum atomic E-state index is 8.91. The molecule has 0 bridgehead atoms. The van der Waals surface area contributed by atoms with Crippen LogP contribution in [0.3, 0.4) is 0 Å². The number of anilines is 1. The molecule has 0 atom stereocenters. The van der Waals surface area contributed by atoms with Crippen molar-refractivity contribution in [3.05, 3.63) is 47.7 Å². The second-order valence-corrected chi connectivity index (χ2v) is 11.1. The molecule has 4 rings (SSSR count). The number of piperidine rings is 1. The van der Waals surface area contributed by atoms with Crippen molar-refractivity contribution >= 4 is 5.82 Å². The minimum Gasteiger partial charge on any atom is -0.396 e. The molecule has 2 aromatic rings. The number of nitrogens with zero attached hydrogens (tertiary/aromatic N) is 2. The molecule has 0 radical (unpaired) electrons. The Bertz CT molecular complexity index is 895. The van der Waals surface area contributed by atoms with Gasteiger partial charge in [-0.15, -0.1) is 0 Å². The van der Waals surface area contributed by atoms with Gasteiger partial charge >= 0.3 is 0 Å². The predicted octanol–water partition coefficient (Wildman–Crippen LogP) is 5.43. The molecule has 2 N–H and O–H groups in total. The first-order valence-electron chi connectivity index (χ1n) is 12.5. The summed E-state index contributed by atoms with van der Waals surface area (Å²) in [6, 6.07) is 12.1. The first-order valence-corrected chi connectivity index (χ1v) is 12.5. The molecular weight excluding hydrogens is 394 g/mol. The molecule has 174 valence electrons. The van der Waals surface area contributed by atoms with Gasteiger partial charge in [-0.25, -0.2) is 4.98 Å². The second-order valence-electron chi connectivity index (χ2n) is 11.1. The van der Waals surface area contributed by atoms with Crippen LogP contribution in [0.25, 0.3) is 11.1 Å². The smallest absolute Gasteiger partial charge is 0.128 e. The van der Waals surface area contributed by atoms with Crippen molar-refractivity contribution in [2.75, 3.05) is 31.1 Å². The van der Waals surface area contributed by atoms with E-state index in [2.05, 4.69) is 74.4 Å². The second kappa shape index (κ2) is 9.52. The van der Waals surface area contributed by atoms with E-state index in [-0.39, 0.29) is 10.8 Å². The fraction of sp³-hybridized carbons (Fsp3) is 0.607. The highest BCUT2D eigenvalue weighted by atomic mass is 16.2. The molecule has 1 fully saturated rings. The number of benzene rings is 1. The molecule has 4 nitrogen and oxygen atoms in total. The van der Waals surface area contributed by atoms with Gasteiger partial charge in [0.2, 0.25) is 0 Å². The minimum absolute atomic E-state index is 0.227. The summed E-state index contributed by atoms with van der Waals surface area (Å²) in [6.07, 6.45) is 8.78. The number of hydrogen-bond donors (Lipinski definition) is 2. The van der Waals surface area contributed by atoms with E-state index in [0.29, 0.717) is 12.6 Å². The summed E-state index contributed by atoms with van der Waals surface area (Å²) in [5, 5.41) is 12.5. The molecule has 4 heteroatoms. The standard InChI is InChI=1S/C28H41N3O/c1-27(2)13-14-28(3,4)25-19-21(7-9-24(25)27)22-8-10-26(30-20-22)31-16-11-23(12-17-31)29-15-5-6-18-32/h7-10,19-20,23,29,32H,5-6,11-18H2,1-4H3. The zero-order valence-electron chi connectivity index (χ0n) is 20.5. The summed E-state index contributed by atoms with van der Waals surface area (Å²) in [5.41, 5.74) is 5.98. The van der Waals surface area contributed by atoms with Crippen molar-refractivity contribution in [3.8, 4) is 11.1 Å².